The molecule has 1 atom stereocenters. The highest BCUT2D eigenvalue weighted by molar-refractivity contribution is 5.90. The van der Waals surface area contributed by atoms with Crippen LogP contribution >= 0.6 is 0 Å². The van der Waals surface area contributed by atoms with E-state index in [1.165, 1.54) is 31.0 Å². The van der Waals surface area contributed by atoms with Crippen molar-refractivity contribution >= 4 is 5.97 Å². The number of esters is 1. The van der Waals surface area contributed by atoms with Gasteiger partial charge in [-0.25, -0.2) is 4.79 Å². The summed E-state index contributed by atoms with van der Waals surface area (Å²) < 4.78 is 5.35. The van der Waals surface area contributed by atoms with Gasteiger partial charge in [-0.3, -0.25) is 0 Å². The molecule has 0 aliphatic carbocycles. The number of hydrogen-bond donors (Lipinski definition) is 2. The highest BCUT2D eigenvalue weighted by Crippen LogP contribution is 2.19. The highest BCUT2D eigenvalue weighted by atomic mass is 16.5. The number of aromatic hydroxyl groups is 1. The van der Waals surface area contributed by atoms with Gasteiger partial charge in [-0.15, -0.1) is 0 Å². The zero-order valence-corrected chi connectivity index (χ0v) is 12.3. The van der Waals surface area contributed by atoms with Crippen molar-refractivity contribution in [1.29, 1.82) is 0 Å². The fraction of sp³-hybridized carbons (Fsp3) is 0.562. The van der Waals surface area contributed by atoms with Gasteiger partial charge in [0.2, 0.25) is 0 Å². The van der Waals surface area contributed by atoms with E-state index in [9.17, 15) is 9.90 Å². The molecule has 1 aromatic rings. The number of aliphatic hydroxyl groups is 1. The molecule has 1 unspecified atom stereocenters. The Bertz CT molecular complexity index is 428. The summed E-state index contributed by atoms with van der Waals surface area (Å²) in [5.41, 5.74) is 0.683. The van der Waals surface area contributed by atoms with Crippen molar-refractivity contribution in [1.82, 2.24) is 0 Å². The fourth-order valence-corrected chi connectivity index (χ4v) is 2.01. The van der Waals surface area contributed by atoms with Gasteiger partial charge in [0.05, 0.1) is 18.3 Å². The largest absolute Gasteiger partial charge is 0.508 e. The third-order valence-corrected chi connectivity index (χ3v) is 3.26. The quantitative estimate of drug-likeness (QED) is 0.565. The van der Waals surface area contributed by atoms with E-state index in [0.29, 0.717) is 11.1 Å². The fourth-order valence-electron chi connectivity index (χ4n) is 2.01. The third-order valence-electron chi connectivity index (χ3n) is 3.26. The second-order valence-electron chi connectivity index (χ2n) is 5.07. The number of rotatable bonds is 8. The van der Waals surface area contributed by atoms with Crippen LogP contribution in [-0.2, 0) is 11.3 Å². The number of phenols is 1. The molecular weight excluding hydrogens is 256 g/mol. The molecular formula is C16H24O4. The maximum atomic E-state index is 11.9. The Morgan fingerprint density at radius 3 is 2.70 bits per heavy atom. The molecule has 0 fully saturated rings. The molecule has 0 aromatic heterocycles. The molecule has 0 aliphatic rings. The standard InChI is InChI=1S/C16H24O4/c1-3-4-5-6-7-12(2)20-16(19)13-8-9-15(18)14(10-13)11-17/h8-10,12,17-18H,3-7,11H2,1-2H3. The number of hydrogen-bond acceptors (Lipinski definition) is 4. The van der Waals surface area contributed by atoms with E-state index in [4.69, 9.17) is 9.84 Å². The van der Waals surface area contributed by atoms with Gasteiger partial charge in [0.1, 0.15) is 5.75 Å². The lowest BCUT2D eigenvalue weighted by atomic mass is 10.1. The van der Waals surface area contributed by atoms with Crippen LogP contribution < -0.4 is 0 Å². The molecule has 112 valence electrons. The van der Waals surface area contributed by atoms with Gasteiger partial charge in [0.15, 0.2) is 0 Å². The van der Waals surface area contributed by atoms with Gasteiger partial charge in [-0.2, -0.15) is 0 Å². The van der Waals surface area contributed by atoms with Crippen molar-refractivity contribution in [2.24, 2.45) is 0 Å². The molecule has 4 nitrogen and oxygen atoms in total. The van der Waals surface area contributed by atoms with Crippen LogP contribution in [-0.4, -0.2) is 22.3 Å². The van der Waals surface area contributed by atoms with Crippen LogP contribution in [0.1, 0.15) is 61.9 Å². The Kier molecular flexibility index (Phi) is 7.09. The van der Waals surface area contributed by atoms with Crippen molar-refractivity contribution in [2.75, 3.05) is 0 Å². The third kappa shape index (κ3) is 5.21. The minimum Gasteiger partial charge on any atom is -0.508 e. The Hall–Kier alpha value is -1.55. The van der Waals surface area contributed by atoms with Gasteiger partial charge in [0, 0.05) is 5.56 Å². The van der Waals surface area contributed by atoms with Gasteiger partial charge in [0.25, 0.3) is 0 Å². The Labute approximate surface area is 120 Å². The van der Waals surface area contributed by atoms with Crippen molar-refractivity contribution in [2.45, 2.75) is 58.7 Å². The summed E-state index contributed by atoms with van der Waals surface area (Å²) in [7, 11) is 0. The van der Waals surface area contributed by atoms with E-state index in [2.05, 4.69) is 6.92 Å². The van der Waals surface area contributed by atoms with Gasteiger partial charge >= 0.3 is 5.97 Å². The van der Waals surface area contributed by atoms with Crippen LogP contribution in [0.4, 0.5) is 0 Å². The molecule has 0 bridgehead atoms. The first-order chi connectivity index (χ1) is 9.58. The van der Waals surface area contributed by atoms with Crippen molar-refractivity contribution < 1.29 is 19.7 Å². The van der Waals surface area contributed by atoms with E-state index >= 15 is 0 Å². The second kappa shape index (κ2) is 8.59. The molecule has 0 saturated heterocycles. The molecule has 20 heavy (non-hydrogen) atoms. The minimum absolute atomic E-state index is 0.0170. The van der Waals surface area contributed by atoms with Crippen LogP contribution in [0.5, 0.6) is 5.75 Å². The average Bonchev–Trinajstić information content (AvgIpc) is 2.44. The minimum atomic E-state index is -0.414. The van der Waals surface area contributed by atoms with E-state index in [0.717, 1.165) is 19.3 Å². The lowest BCUT2D eigenvalue weighted by Gasteiger charge is -2.13. The summed E-state index contributed by atoms with van der Waals surface area (Å²) in [6.07, 6.45) is 5.35. The van der Waals surface area contributed by atoms with Crippen molar-refractivity contribution in [3.05, 3.63) is 29.3 Å². The molecule has 1 aromatic carbocycles. The number of carbonyl (C=O) groups excluding carboxylic acids is 1. The molecule has 4 heteroatoms. The predicted octanol–water partition coefficient (Wildman–Crippen LogP) is 3.40. The number of unbranched alkanes of at least 4 members (excludes halogenated alkanes) is 3. The van der Waals surface area contributed by atoms with E-state index in [-0.39, 0.29) is 18.5 Å². The average molecular weight is 280 g/mol. The maximum Gasteiger partial charge on any atom is 0.338 e. The van der Waals surface area contributed by atoms with Crippen LogP contribution in [0.25, 0.3) is 0 Å². The van der Waals surface area contributed by atoms with Gasteiger partial charge in [-0.1, -0.05) is 26.2 Å². The molecule has 0 aliphatic heterocycles. The normalized spacial score (nSPS) is 12.2. The first kappa shape index (κ1) is 16.5. The monoisotopic (exact) mass is 280 g/mol. The van der Waals surface area contributed by atoms with E-state index < -0.39 is 5.97 Å². The zero-order chi connectivity index (χ0) is 15.0. The van der Waals surface area contributed by atoms with Crippen LogP contribution in [0.3, 0.4) is 0 Å². The maximum absolute atomic E-state index is 11.9. The summed E-state index contributed by atoms with van der Waals surface area (Å²) in [5, 5.41) is 18.5. The molecule has 2 N–H and O–H groups in total. The lowest BCUT2D eigenvalue weighted by Crippen LogP contribution is -2.15. The SMILES string of the molecule is CCCCCCC(C)OC(=O)c1ccc(O)c(CO)c1. The first-order valence-electron chi connectivity index (χ1n) is 7.22. The molecule has 0 amide bonds. The number of ether oxygens (including phenoxy) is 1. The molecule has 0 radical (unpaired) electrons. The number of aliphatic hydroxyl groups excluding tert-OH is 1. The highest BCUT2D eigenvalue weighted by Gasteiger charge is 2.13. The topological polar surface area (TPSA) is 66.8 Å². The van der Waals surface area contributed by atoms with E-state index in [1.54, 1.807) is 0 Å². The Morgan fingerprint density at radius 2 is 2.05 bits per heavy atom. The van der Waals surface area contributed by atoms with Crippen molar-refractivity contribution in [3.63, 3.8) is 0 Å². The van der Waals surface area contributed by atoms with Gasteiger partial charge in [-0.05, 0) is 38.0 Å². The summed E-state index contributed by atoms with van der Waals surface area (Å²) in [6.45, 7) is 3.74. The predicted molar refractivity (Wildman–Crippen MR) is 77.7 cm³/mol. The van der Waals surface area contributed by atoms with Gasteiger partial charge < -0.3 is 14.9 Å². The zero-order valence-electron chi connectivity index (χ0n) is 12.3. The van der Waals surface area contributed by atoms with Crippen LogP contribution in [0.15, 0.2) is 18.2 Å². The van der Waals surface area contributed by atoms with Crippen LogP contribution in [0, 0.1) is 0 Å². The lowest BCUT2D eigenvalue weighted by molar-refractivity contribution is 0.0319. The molecule has 1 rings (SSSR count). The second-order valence-corrected chi connectivity index (χ2v) is 5.07. The van der Waals surface area contributed by atoms with Crippen LogP contribution in [0.2, 0.25) is 0 Å². The summed E-state index contributed by atoms with van der Waals surface area (Å²) in [4.78, 5) is 11.9. The Balaban J connectivity index is 2.49. The molecule has 0 spiro atoms. The van der Waals surface area contributed by atoms with E-state index in [1.807, 2.05) is 6.92 Å². The molecule has 0 heterocycles. The number of benzene rings is 1. The molecule has 0 saturated carbocycles. The number of carbonyl (C=O) groups is 1. The summed E-state index contributed by atoms with van der Waals surface area (Å²) >= 11 is 0. The summed E-state index contributed by atoms with van der Waals surface area (Å²) in [6, 6.07) is 4.36. The summed E-state index contributed by atoms with van der Waals surface area (Å²) in [5.74, 6) is -0.431. The smallest absolute Gasteiger partial charge is 0.338 e. The first-order valence-corrected chi connectivity index (χ1v) is 7.22. The van der Waals surface area contributed by atoms with Crippen molar-refractivity contribution in [3.8, 4) is 5.75 Å². The Morgan fingerprint density at radius 1 is 1.30 bits per heavy atom.